The molecule has 1 aromatic heterocycles. The number of hydrogen-bond acceptors (Lipinski definition) is 6. The van der Waals surface area contributed by atoms with Gasteiger partial charge in [0.25, 0.3) is 0 Å². The molecule has 0 spiro atoms. The normalized spacial score (nSPS) is 14.0. The molecule has 8 nitrogen and oxygen atoms in total. The van der Waals surface area contributed by atoms with Crippen molar-refractivity contribution in [3.63, 3.8) is 0 Å². The van der Waals surface area contributed by atoms with Crippen LogP contribution in [0.4, 0.5) is 5.82 Å². The third-order valence-corrected chi connectivity index (χ3v) is 7.57. The van der Waals surface area contributed by atoms with Gasteiger partial charge >= 0.3 is 5.97 Å². The number of rotatable bonds is 16. The standard InChI is InChI=1S/C33H42N4O4/c1-25(26-11-4-2-5-12-26)32(38)36-30(33(39)40)19-22-37(23-24-41-29-15-6-3-7-16-29)21-9-8-14-28-18-17-27-13-10-20-34-31(27)35-28/h2-7,11-12,15-18,25,30H,8-10,13-14,19-24H2,1H3,(H,34,35)(H,36,38)(H,39,40)/t25-,30+/m1/s1. The summed E-state index contributed by atoms with van der Waals surface area (Å²) >= 11 is 0. The highest BCUT2D eigenvalue weighted by atomic mass is 16.5. The molecule has 41 heavy (non-hydrogen) atoms. The first kappa shape index (κ1) is 30.1. The Morgan fingerprint density at radius 3 is 2.51 bits per heavy atom. The summed E-state index contributed by atoms with van der Waals surface area (Å²) in [5.41, 5.74) is 3.25. The van der Waals surface area contributed by atoms with Crippen LogP contribution < -0.4 is 15.4 Å². The van der Waals surface area contributed by atoms with E-state index in [0.717, 1.165) is 68.0 Å². The Bertz CT molecular complexity index is 1240. The number of unbranched alkanes of at least 4 members (excludes halogenated alkanes) is 1. The van der Waals surface area contributed by atoms with E-state index in [1.807, 2.05) is 60.7 Å². The average molecular weight is 559 g/mol. The van der Waals surface area contributed by atoms with Gasteiger partial charge in [-0.05, 0) is 81.3 Å². The highest BCUT2D eigenvalue weighted by molar-refractivity contribution is 5.87. The highest BCUT2D eigenvalue weighted by Gasteiger charge is 2.24. The number of carbonyl (C=O) groups excluding carboxylic acids is 1. The van der Waals surface area contributed by atoms with Crippen LogP contribution in [0.2, 0.25) is 0 Å². The molecule has 0 unspecified atom stereocenters. The van der Waals surface area contributed by atoms with Crippen molar-refractivity contribution in [1.29, 1.82) is 0 Å². The van der Waals surface area contributed by atoms with Gasteiger partial charge < -0.3 is 20.5 Å². The van der Waals surface area contributed by atoms with Crippen LogP contribution in [0.15, 0.2) is 72.8 Å². The molecular weight excluding hydrogens is 516 g/mol. The molecule has 2 heterocycles. The number of pyridine rings is 1. The number of para-hydroxylation sites is 1. The quantitative estimate of drug-likeness (QED) is 0.215. The summed E-state index contributed by atoms with van der Waals surface area (Å²) in [7, 11) is 0. The van der Waals surface area contributed by atoms with Crippen molar-refractivity contribution in [2.75, 3.05) is 38.1 Å². The summed E-state index contributed by atoms with van der Waals surface area (Å²) in [6.45, 7) is 5.28. The van der Waals surface area contributed by atoms with Crippen molar-refractivity contribution in [3.05, 3.63) is 89.6 Å². The first-order valence-corrected chi connectivity index (χ1v) is 14.7. The van der Waals surface area contributed by atoms with Gasteiger partial charge in [0.2, 0.25) is 5.91 Å². The fourth-order valence-electron chi connectivity index (χ4n) is 5.05. The van der Waals surface area contributed by atoms with E-state index in [-0.39, 0.29) is 5.91 Å². The zero-order chi connectivity index (χ0) is 28.9. The van der Waals surface area contributed by atoms with Crippen LogP contribution in [0.1, 0.15) is 55.3 Å². The molecule has 1 aliphatic heterocycles. The van der Waals surface area contributed by atoms with Crippen molar-refractivity contribution in [2.24, 2.45) is 0 Å². The fraction of sp³-hybridized carbons (Fsp3) is 0.424. The van der Waals surface area contributed by atoms with Gasteiger partial charge in [-0.1, -0.05) is 54.6 Å². The number of nitrogens with zero attached hydrogens (tertiary/aromatic N) is 2. The Kier molecular flexibility index (Phi) is 11.6. The number of aryl methyl sites for hydroxylation is 2. The van der Waals surface area contributed by atoms with E-state index in [0.29, 0.717) is 26.1 Å². The molecule has 2 aromatic carbocycles. The van der Waals surface area contributed by atoms with E-state index in [1.54, 1.807) is 6.92 Å². The second-order valence-electron chi connectivity index (χ2n) is 10.6. The van der Waals surface area contributed by atoms with Crippen LogP contribution in [0.25, 0.3) is 0 Å². The van der Waals surface area contributed by atoms with E-state index in [9.17, 15) is 14.7 Å². The molecule has 0 radical (unpaired) electrons. The van der Waals surface area contributed by atoms with Crippen LogP contribution >= 0.6 is 0 Å². The molecule has 0 aliphatic carbocycles. The molecule has 0 saturated heterocycles. The molecule has 2 atom stereocenters. The van der Waals surface area contributed by atoms with Crippen molar-refractivity contribution in [1.82, 2.24) is 15.2 Å². The van der Waals surface area contributed by atoms with Gasteiger partial charge in [-0.2, -0.15) is 0 Å². The largest absolute Gasteiger partial charge is 0.492 e. The fourth-order valence-corrected chi connectivity index (χ4v) is 5.05. The number of benzene rings is 2. The summed E-state index contributed by atoms with van der Waals surface area (Å²) in [5, 5.41) is 16.0. The molecule has 3 aromatic rings. The van der Waals surface area contributed by atoms with E-state index in [4.69, 9.17) is 9.72 Å². The Morgan fingerprint density at radius 2 is 1.76 bits per heavy atom. The Hall–Kier alpha value is -3.91. The third-order valence-electron chi connectivity index (χ3n) is 7.57. The molecule has 4 rings (SSSR count). The summed E-state index contributed by atoms with van der Waals surface area (Å²) < 4.78 is 5.92. The number of carboxylic acid groups (broad SMARTS) is 1. The number of nitrogens with one attached hydrogen (secondary N) is 2. The minimum absolute atomic E-state index is 0.283. The first-order chi connectivity index (χ1) is 20.0. The van der Waals surface area contributed by atoms with E-state index in [2.05, 4.69) is 27.7 Å². The molecule has 0 bridgehead atoms. The second-order valence-corrected chi connectivity index (χ2v) is 10.6. The second kappa shape index (κ2) is 15.8. The Morgan fingerprint density at radius 1 is 1.00 bits per heavy atom. The van der Waals surface area contributed by atoms with Crippen LogP contribution in [0, 0.1) is 0 Å². The number of ether oxygens (including phenoxy) is 1. The van der Waals surface area contributed by atoms with Crippen molar-refractivity contribution >= 4 is 17.7 Å². The van der Waals surface area contributed by atoms with Gasteiger partial charge in [0, 0.05) is 25.3 Å². The summed E-state index contributed by atoms with van der Waals surface area (Å²) in [6.07, 6.45) is 5.37. The van der Waals surface area contributed by atoms with Crippen molar-refractivity contribution in [2.45, 2.75) is 57.4 Å². The number of carboxylic acids is 1. The Balaban J connectivity index is 1.29. The van der Waals surface area contributed by atoms with Crippen LogP contribution in [0.5, 0.6) is 5.75 Å². The monoisotopic (exact) mass is 558 g/mol. The maximum absolute atomic E-state index is 12.8. The van der Waals surface area contributed by atoms with Crippen LogP contribution in [-0.2, 0) is 22.4 Å². The van der Waals surface area contributed by atoms with Crippen molar-refractivity contribution in [3.8, 4) is 5.75 Å². The zero-order valence-corrected chi connectivity index (χ0v) is 23.9. The number of aliphatic carboxylic acids is 1. The molecular formula is C33H42N4O4. The number of amides is 1. The average Bonchev–Trinajstić information content (AvgIpc) is 3.01. The zero-order valence-electron chi connectivity index (χ0n) is 23.9. The predicted octanol–water partition coefficient (Wildman–Crippen LogP) is 4.91. The van der Waals surface area contributed by atoms with Crippen molar-refractivity contribution < 1.29 is 19.4 Å². The van der Waals surface area contributed by atoms with Gasteiger partial charge in [0.15, 0.2) is 0 Å². The van der Waals surface area contributed by atoms with Crippen LogP contribution in [0.3, 0.4) is 0 Å². The summed E-state index contributed by atoms with van der Waals surface area (Å²) in [5.74, 6) is 0.100. The molecule has 218 valence electrons. The minimum atomic E-state index is -1.02. The number of carbonyl (C=O) groups is 2. The maximum atomic E-state index is 12.8. The van der Waals surface area contributed by atoms with Gasteiger partial charge in [-0.25, -0.2) is 9.78 Å². The van der Waals surface area contributed by atoms with Crippen LogP contribution in [-0.4, -0.2) is 65.7 Å². The summed E-state index contributed by atoms with van der Waals surface area (Å²) in [4.78, 5) is 31.9. The van der Waals surface area contributed by atoms with E-state index in [1.165, 1.54) is 5.56 Å². The van der Waals surface area contributed by atoms with Gasteiger partial charge in [0.05, 0.1) is 5.92 Å². The molecule has 1 aliphatic rings. The molecule has 0 fully saturated rings. The number of hydrogen-bond donors (Lipinski definition) is 3. The SMILES string of the molecule is C[C@@H](C(=O)N[C@@H](CCN(CCCCc1ccc2c(n1)NCCC2)CCOc1ccccc1)C(=O)O)c1ccccc1. The smallest absolute Gasteiger partial charge is 0.326 e. The van der Waals surface area contributed by atoms with E-state index < -0.39 is 17.9 Å². The van der Waals surface area contributed by atoms with Gasteiger partial charge in [-0.15, -0.1) is 0 Å². The number of fused-ring (bicyclic) bond motifs is 1. The Labute approximate surface area is 243 Å². The maximum Gasteiger partial charge on any atom is 0.326 e. The van der Waals surface area contributed by atoms with Gasteiger partial charge in [-0.3, -0.25) is 9.69 Å². The molecule has 1 amide bonds. The van der Waals surface area contributed by atoms with E-state index >= 15 is 0 Å². The lowest BCUT2D eigenvalue weighted by Crippen LogP contribution is -2.45. The minimum Gasteiger partial charge on any atom is -0.492 e. The first-order valence-electron chi connectivity index (χ1n) is 14.7. The lowest BCUT2D eigenvalue weighted by atomic mass is 10.00. The molecule has 8 heteroatoms. The number of aromatic nitrogens is 1. The predicted molar refractivity (Wildman–Crippen MR) is 161 cm³/mol. The summed E-state index contributed by atoms with van der Waals surface area (Å²) in [6, 6.07) is 22.4. The number of anilines is 1. The third kappa shape index (κ3) is 9.60. The topological polar surface area (TPSA) is 104 Å². The molecule has 0 saturated carbocycles. The lowest BCUT2D eigenvalue weighted by Gasteiger charge is -2.25. The lowest BCUT2D eigenvalue weighted by molar-refractivity contribution is -0.142. The van der Waals surface area contributed by atoms with Gasteiger partial charge in [0.1, 0.15) is 24.2 Å². The molecule has 3 N–H and O–H groups in total. The highest BCUT2D eigenvalue weighted by Crippen LogP contribution is 2.20.